The summed E-state index contributed by atoms with van der Waals surface area (Å²) >= 11 is 7.40. The van der Waals surface area contributed by atoms with Crippen LogP contribution in [0.5, 0.6) is 0 Å². The van der Waals surface area contributed by atoms with Gasteiger partial charge in [-0.3, -0.25) is 0 Å². The van der Waals surface area contributed by atoms with E-state index >= 15 is 0 Å². The summed E-state index contributed by atoms with van der Waals surface area (Å²) in [6.07, 6.45) is 0. The number of aromatic nitrogens is 2. The monoisotopic (exact) mass is 294 g/mol. The lowest BCUT2D eigenvalue weighted by Gasteiger charge is -2.05. The first-order chi connectivity index (χ1) is 9.10. The Morgan fingerprint density at radius 1 is 1.37 bits per heavy atom. The van der Waals surface area contributed by atoms with Crippen molar-refractivity contribution in [1.82, 2.24) is 9.97 Å². The molecule has 1 aromatic carbocycles. The number of nitrogens with zero attached hydrogens (tertiary/aromatic N) is 3. The average Bonchev–Trinajstić information content (AvgIpc) is 2.40. The number of halogens is 1. The van der Waals surface area contributed by atoms with Crippen molar-refractivity contribution in [2.45, 2.75) is 17.0 Å². The predicted molar refractivity (Wildman–Crippen MR) is 74.9 cm³/mol. The molecule has 0 saturated carbocycles. The Morgan fingerprint density at radius 3 is 2.79 bits per heavy atom. The van der Waals surface area contributed by atoms with Crippen LogP contribution in [0.25, 0.3) is 0 Å². The molecule has 3 N–H and O–H groups in total. The van der Waals surface area contributed by atoms with Gasteiger partial charge in [-0.1, -0.05) is 28.9 Å². The maximum atomic E-state index is 8.68. The van der Waals surface area contributed by atoms with Crippen LogP contribution in [-0.2, 0) is 0 Å². The van der Waals surface area contributed by atoms with Crippen LogP contribution in [0.1, 0.15) is 11.4 Å². The van der Waals surface area contributed by atoms with Crippen molar-refractivity contribution in [2.75, 3.05) is 0 Å². The van der Waals surface area contributed by atoms with Gasteiger partial charge in [-0.15, -0.1) is 0 Å². The van der Waals surface area contributed by atoms with E-state index in [1.165, 1.54) is 11.8 Å². The van der Waals surface area contributed by atoms with Crippen molar-refractivity contribution in [3.05, 3.63) is 46.7 Å². The van der Waals surface area contributed by atoms with Gasteiger partial charge in [0.1, 0.15) is 5.69 Å². The first-order valence-electron chi connectivity index (χ1n) is 5.36. The highest BCUT2D eigenvalue weighted by Crippen LogP contribution is 2.31. The summed E-state index contributed by atoms with van der Waals surface area (Å²) in [7, 11) is 0. The van der Waals surface area contributed by atoms with Gasteiger partial charge >= 0.3 is 0 Å². The highest BCUT2D eigenvalue weighted by molar-refractivity contribution is 7.99. The minimum atomic E-state index is -0.0495. The minimum absolute atomic E-state index is 0.0495. The first-order valence-corrected chi connectivity index (χ1v) is 6.55. The summed E-state index contributed by atoms with van der Waals surface area (Å²) in [4.78, 5) is 9.35. The van der Waals surface area contributed by atoms with Gasteiger partial charge in [0.2, 0.25) is 0 Å². The topological polar surface area (TPSA) is 84.4 Å². The van der Waals surface area contributed by atoms with Crippen LogP contribution in [0.15, 0.2) is 45.5 Å². The van der Waals surface area contributed by atoms with Crippen LogP contribution < -0.4 is 5.73 Å². The Hall–Kier alpha value is -1.79. The van der Waals surface area contributed by atoms with E-state index in [-0.39, 0.29) is 5.84 Å². The molecule has 0 aliphatic carbocycles. The Labute approximate surface area is 119 Å². The molecule has 0 bridgehead atoms. The third kappa shape index (κ3) is 3.36. The quantitative estimate of drug-likeness (QED) is 0.299. The van der Waals surface area contributed by atoms with Gasteiger partial charge in [0, 0.05) is 10.6 Å². The van der Waals surface area contributed by atoms with Crippen molar-refractivity contribution in [3.63, 3.8) is 0 Å². The number of hydrogen-bond donors (Lipinski definition) is 2. The van der Waals surface area contributed by atoms with Crippen molar-refractivity contribution >= 4 is 29.2 Å². The number of oxime groups is 1. The summed E-state index contributed by atoms with van der Waals surface area (Å²) < 4.78 is 0. The number of amidine groups is 1. The summed E-state index contributed by atoms with van der Waals surface area (Å²) in [5.74, 6) is -0.0495. The molecule has 0 saturated heterocycles. The van der Waals surface area contributed by atoms with E-state index in [9.17, 15) is 0 Å². The SMILES string of the molecule is Cc1cc(/C(N)=N/O)nc(Sc2ccccc2Cl)n1. The first kappa shape index (κ1) is 13.6. The number of aryl methyl sites for hydroxylation is 1. The highest BCUT2D eigenvalue weighted by Gasteiger charge is 2.09. The van der Waals surface area contributed by atoms with Crippen molar-refractivity contribution in [2.24, 2.45) is 10.9 Å². The zero-order chi connectivity index (χ0) is 13.8. The molecule has 2 rings (SSSR count). The largest absolute Gasteiger partial charge is 0.409 e. The zero-order valence-corrected chi connectivity index (χ0v) is 11.6. The van der Waals surface area contributed by atoms with Crippen LogP contribution in [-0.4, -0.2) is 21.0 Å². The van der Waals surface area contributed by atoms with Crippen LogP contribution >= 0.6 is 23.4 Å². The summed E-state index contributed by atoms with van der Waals surface area (Å²) in [6, 6.07) is 9.05. The molecule has 2 aromatic rings. The second kappa shape index (κ2) is 5.90. The van der Waals surface area contributed by atoms with E-state index in [1.807, 2.05) is 25.1 Å². The van der Waals surface area contributed by atoms with Crippen LogP contribution in [0.3, 0.4) is 0 Å². The Balaban J connectivity index is 2.36. The molecule has 1 heterocycles. The van der Waals surface area contributed by atoms with Crippen molar-refractivity contribution in [1.29, 1.82) is 0 Å². The van der Waals surface area contributed by atoms with Gasteiger partial charge in [-0.2, -0.15) is 0 Å². The fraction of sp³-hybridized carbons (Fsp3) is 0.0833. The molecule has 0 fully saturated rings. The molecule has 5 nitrogen and oxygen atoms in total. The van der Waals surface area contributed by atoms with Crippen molar-refractivity contribution < 1.29 is 5.21 Å². The second-order valence-electron chi connectivity index (χ2n) is 3.69. The van der Waals surface area contributed by atoms with Gasteiger partial charge < -0.3 is 10.9 Å². The number of nitrogens with two attached hydrogens (primary N) is 1. The summed E-state index contributed by atoms with van der Waals surface area (Å²) in [6.45, 7) is 1.81. The molecule has 98 valence electrons. The fourth-order valence-electron chi connectivity index (χ4n) is 1.40. The summed E-state index contributed by atoms with van der Waals surface area (Å²) in [5.41, 5.74) is 6.64. The number of benzene rings is 1. The van der Waals surface area contributed by atoms with E-state index in [1.54, 1.807) is 12.1 Å². The van der Waals surface area contributed by atoms with E-state index in [0.717, 1.165) is 10.6 Å². The molecular weight excluding hydrogens is 284 g/mol. The molecule has 0 spiro atoms. The van der Waals surface area contributed by atoms with E-state index in [4.69, 9.17) is 22.5 Å². The summed E-state index contributed by atoms with van der Waals surface area (Å²) in [5, 5.41) is 12.7. The Bertz CT molecular complexity index is 633. The van der Waals surface area contributed by atoms with Crippen LogP contribution in [0.4, 0.5) is 0 Å². The lowest BCUT2D eigenvalue weighted by atomic mass is 10.3. The third-order valence-corrected chi connectivity index (χ3v) is 3.62. The van der Waals surface area contributed by atoms with Gasteiger partial charge in [0.05, 0.1) is 5.02 Å². The Kier molecular flexibility index (Phi) is 4.24. The second-order valence-corrected chi connectivity index (χ2v) is 5.11. The van der Waals surface area contributed by atoms with Gasteiger partial charge in [-0.25, -0.2) is 9.97 Å². The van der Waals surface area contributed by atoms with E-state index < -0.39 is 0 Å². The molecular formula is C12H11ClN4OS. The molecule has 0 atom stereocenters. The minimum Gasteiger partial charge on any atom is -0.409 e. The molecule has 19 heavy (non-hydrogen) atoms. The van der Waals surface area contributed by atoms with E-state index in [0.29, 0.717) is 15.9 Å². The molecule has 0 aliphatic heterocycles. The molecule has 1 aromatic heterocycles. The van der Waals surface area contributed by atoms with Crippen LogP contribution in [0, 0.1) is 6.92 Å². The molecule has 0 amide bonds. The van der Waals surface area contributed by atoms with Crippen molar-refractivity contribution in [3.8, 4) is 0 Å². The van der Waals surface area contributed by atoms with Gasteiger partial charge in [0.25, 0.3) is 0 Å². The maximum Gasteiger partial charge on any atom is 0.193 e. The van der Waals surface area contributed by atoms with E-state index in [2.05, 4.69) is 15.1 Å². The smallest absolute Gasteiger partial charge is 0.193 e. The third-order valence-electron chi connectivity index (χ3n) is 2.24. The van der Waals surface area contributed by atoms with Gasteiger partial charge in [-0.05, 0) is 36.9 Å². The lowest BCUT2D eigenvalue weighted by Crippen LogP contribution is -2.16. The fourth-order valence-corrected chi connectivity index (χ4v) is 2.49. The average molecular weight is 295 g/mol. The highest BCUT2D eigenvalue weighted by atomic mass is 35.5. The number of hydrogen-bond acceptors (Lipinski definition) is 5. The molecule has 0 aliphatic rings. The maximum absolute atomic E-state index is 8.68. The van der Waals surface area contributed by atoms with Gasteiger partial charge in [0.15, 0.2) is 11.0 Å². The standard InChI is InChI=1S/C12H11ClN4OS/c1-7-6-9(11(14)17-18)16-12(15-7)19-10-5-3-2-4-8(10)13/h2-6,18H,1H3,(H2,14,17). The molecule has 0 radical (unpaired) electrons. The Morgan fingerprint density at radius 2 is 2.11 bits per heavy atom. The van der Waals surface area contributed by atoms with Crippen LogP contribution in [0.2, 0.25) is 5.02 Å². The normalized spacial score (nSPS) is 11.6. The molecule has 7 heteroatoms. The number of rotatable bonds is 3. The molecule has 0 unspecified atom stereocenters. The predicted octanol–water partition coefficient (Wildman–Crippen LogP) is 2.68. The zero-order valence-electron chi connectivity index (χ0n) is 10.0. The lowest BCUT2D eigenvalue weighted by molar-refractivity contribution is 0.318.